The van der Waals surface area contributed by atoms with Gasteiger partial charge < -0.3 is 9.80 Å². The maximum absolute atomic E-state index is 2.36. The predicted octanol–water partition coefficient (Wildman–Crippen LogP) is 21.1. The van der Waals surface area contributed by atoms with Crippen molar-refractivity contribution in [3.63, 3.8) is 0 Å². The highest BCUT2D eigenvalue weighted by molar-refractivity contribution is 6.26. The molecular formula is C74H56N2. The lowest BCUT2D eigenvalue weighted by Gasteiger charge is -2.26. The van der Waals surface area contributed by atoms with Crippen molar-refractivity contribution in [1.82, 2.24) is 0 Å². The van der Waals surface area contributed by atoms with E-state index in [1.165, 1.54) is 110 Å². The molecule has 0 bridgehead atoms. The molecule has 2 nitrogen and oxygen atoms in total. The number of rotatable bonds is 10. The summed E-state index contributed by atoms with van der Waals surface area (Å²) in [6.45, 7) is 8.56. The summed E-state index contributed by atoms with van der Waals surface area (Å²) in [6, 6.07) is 98.7. The highest BCUT2D eigenvalue weighted by Gasteiger charge is 2.22. The fourth-order valence-corrected chi connectivity index (χ4v) is 11.5. The monoisotopic (exact) mass is 972 g/mol. The second kappa shape index (κ2) is 19.4. The zero-order valence-electron chi connectivity index (χ0n) is 43.3. The molecule has 0 radical (unpaired) electrons. The lowest BCUT2D eigenvalue weighted by Crippen LogP contribution is -2.09. The molecule has 0 aliphatic carbocycles. The third kappa shape index (κ3) is 8.35. The van der Waals surface area contributed by atoms with Gasteiger partial charge in [-0.3, -0.25) is 0 Å². The average Bonchev–Trinajstić information content (AvgIpc) is 3.50. The van der Waals surface area contributed by atoms with Crippen molar-refractivity contribution in [2.45, 2.75) is 27.7 Å². The third-order valence-electron chi connectivity index (χ3n) is 15.4. The Bertz CT molecular complexity index is 3840. The maximum atomic E-state index is 2.36. The Hall–Kier alpha value is -9.50. The largest absolute Gasteiger partial charge is 0.311 e. The minimum Gasteiger partial charge on any atom is -0.311 e. The first kappa shape index (κ1) is 46.3. The molecule has 0 aliphatic rings. The standard InChI is InChI=1S/C74H56N2/c1-49-21-33-55(34-22-49)75(56-35-23-50(2)24-36-56)59-41-29-53(30-42-59)61-45-47-71(65-15-7-5-13-63(61)65)73-67-17-9-11-19-69(67)74(70-20-12-10-18-68(70)73)72-48-46-62(64-14-6-8-16-66(64)72)54-31-43-60(44-32-54)76(57-37-25-51(3)26-38-57)58-39-27-52(4)28-40-58/h5-48H,1-4H3. The number of anilines is 6. The number of fused-ring (bicyclic) bond motifs is 4. The normalized spacial score (nSPS) is 11.4. The van der Waals surface area contributed by atoms with Gasteiger partial charge in [-0.2, -0.15) is 0 Å². The van der Waals surface area contributed by atoms with E-state index < -0.39 is 0 Å². The molecule has 0 heterocycles. The summed E-state index contributed by atoms with van der Waals surface area (Å²) in [4.78, 5) is 4.68. The second-order valence-electron chi connectivity index (χ2n) is 20.4. The van der Waals surface area contributed by atoms with Gasteiger partial charge in [-0.05, 0) is 188 Å². The second-order valence-corrected chi connectivity index (χ2v) is 20.4. The molecule has 0 amide bonds. The summed E-state index contributed by atoms with van der Waals surface area (Å²) in [6.07, 6.45) is 0. The lowest BCUT2D eigenvalue weighted by molar-refractivity contribution is 1.27. The van der Waals surface area contributed by atoms with Crippen LogP contribution >= 0.6 is 0 Å². The van der Waals surface area contributed by atoms with E-state index in [4.69, 9.17) is 0 Å². The van der Waals surface area contributed by atoms with Crippen LogP contribution in [0.2, 0.25) is 0 Å². The van der Waals surface area contributed by atoms with Crippen molar-refractivity contribution >= 4 is 77.2 Å². The van der Waals surface area contributed by atoms with Crippen LogP contribution < -0.4 is 9.80 Å². The Morgan fingerprint density at radius 2 is 0.382 bits per heavy atom. The van der Waals surface area contributed by atoms with E-state index in [0.29, 0.717) is 0 Å². The van der Waals surface area contributed by atoms with Crippen LogP contribution in [0.4, 0.5) is 34.1 Å². The van der Waals surface area contributed by atoms with Gasteiger partial charge in [0.05, 0.1) is 0 Å². The summed E-state index contributed by atoms with van der Waals surface area (Å²) in [7, 11) is 0. The van der Waals surface area contributed by atoms with Gasteiger partial charge in [0.25, 0.3) is 0 Å². The summed E-state index contributed by atoms with van der Waals surface area (Å²) in [5.74, 6) is 0. The molecule has 13 rings (SSSR count). The topological polar surface area (TPSA) is 6.48 Å². The minimum absolute atomic E-state index is 1.12. The molecule has 362 valence electrons. The quantitative estimate of drug-likeness (QED) is 0.126. The fraction of sp³-hybridized carbons (Fsp3) is 0.0541. The Balaban J connectivity index is 0.906. The number of hydrogen-bond acceptors (Lipinski definition) is 2. The van der Waals surface area contributed by atoms with Crippen LogP contribution in [-0.2, 0) is 0 Å². The molecule has 13 aromatic carbocycles. The first-order valence-corrected chi connectivity index (χ1v) is 26.4. The molecular weight excluding hydrogens is 917 g/mol. The predicted molar refractivity (Wildman–Crippen MR) is 327 cm³/mol. The number of hydrogen-bond donors (Lipinski definition) is 0. The third-order valence-corrected chi connectivity index (χ3v) is 15.4. The van der Waals surface area contributed by atoms with Crippen molar-refractivity contribution in [3.05, 3.63) is 289 Å². The molecule has 0 N–H and O–H groups in total. The molecule has 0 aromatic heterocycles. The van der Waals surface area contributed by atoms with Gasteiger partial charge >= 0.3 is 0 Å². The average molecular weight is 973 g/mol. The van der Waals surface area contributed by atoms with Gasteiger partial charge in [-0.15, -0.1) is 0 Å². The SMILES string of the molecule is Cc1ccc(N(c2ccc(C)cc2)c2ccc(-c3ccc(-c4c5ccccc5c(-c5ccc(-c6ccc(N(c7ccc(C)cc7)c7ccc(C)cc7)cc6)c6ccccc56)c5ccccc45)c4ccccc34)cc2)cc1. The fourth-order valence-electron chi connectivity index (χ4n) is 11.5. The minimum atomic E-state index is 1.12. The van der Waals surface area contributed by atoms with Gasteiger partial charge in [-0.25, -0.2) is 0 Å². The van der Waals surface area contributed by atoms with Gasteiger partial charge in [0.15, 0.2) is 0 Å². The highest BCUT2D eigenvalue weighted by atomic mass is 15.1. The maximum Gasteiger partial charge on any atom is 0.0462 e. The van der Waals surface area contributed by atoms with Crippen molar-refractivity contribution in [1.29, 1.82) is 0 Å². The van der Waals surface area contributed by atoms with Gasteiger partial charge in [0.1, 0.15) is 0 Å². The summed E-state index contributed by atoms with van der Waals surface area (Å²) in [5.41, 5.74) is 21.5. The smallest absolute Gasteiger partial charge is 0.0462 e. The van der Waals surface area contributed by atoms with Crippen LogP contribution in [0.1, 0.15) is 22.3 Å². The Labute approximate surface area is 446 Å². The summed E-state index contributed by atoms with van der Waals surface area (Å²) < 4.78 is 0. The Morgan fingerprint density at radius 1 is 0.184 bits per heavy atom. The van der Waals surface area contributed by atoms with Gasteiger partial charge in [-0.1, -0.05) is 216 Å². The van der Waals surface area contributed by atoms with E-state index >= 15 is 0 Å². The number of benzene rings is 13. The molecule has 0 saturated carbocycles. The molecule has 0 spiro atoms. The number of aryl methyl sites for hydroxylation is 4. The van der Waals surface area contributed by atoms with Crippen LogP contribution in [0, 0.1) is 27.7 Å². The zero-order valence-corrected chi connectivity index (χ0v) is 43.3. The zero-order chi connectivity index (χ0) is 51.3. The van der Waals surface area contributed by atoms with Crippen molar-refractivity contribution in [2.75, 3.05) is 9.80 Å². The van der Waals surface area contributed by atoms with Crippen molar-refractivity contribution in [2.24, 2.45) is 0 Å². The molecule has 0 fully saturated rings. The van der Waals surface area contributed by atoms with Crippen LogP contribution in [0.15, 0.2) is 267 Å². The van der Waals surface area contributed by atoms with Crippen LogP contribution in [-0.4, -0.2) is 0 Å². The van der Waals surface area contributed by atoms with Crippen molar-refractivity contribution in [3.8, 4) is 44.5 Å². The van der Waals surface area contributed by atoms with Crippen molar-refractivity contribution < 1.29 is 0 Å². The van der Waals surface area contributed by atoms with Gasteiger partial charge in [0.2, 0.25) is 0 Å². The summed E-state index contributed by atoms with van der Waals surface area (Å²) in [5, 5.41) is 9.87. The molecule has 0 unspecified atom stereocenters. The highest BCUT2D eigenvalue weighted by Crippen LogP contribution is 2.49. The van der Waals surface area contributed by atoms with Gasteiger partial charge in [0, 0.05) is 34.1 Å². The lowest BCUT2D eigenvalue weighted by atomic mass is 9.82. The van der Waals surface area contributed by atoms with E-state index in [9.17, 15) is 0 Å². The molecule has 0 aliphatic heterocycles. The molecule has 13 aromatic rings. The van der Waals surface area contributed by atoms with Crippen LogP contribution in [0.3, 0.4) is 0 Å². The number of nitrogens with zero attached hydrogens (tertiary/aromatic N) is 2. The van der Waals surface area contributed by atoms with E-state index in [1.807, 2.05) is 0 Å². The first-order valence-electron chi connectivity index (χ1n) is 26.4. The summed E-state index contributed by atoms with van der Waals surface area (Å²) >= 11 is 0. The Kier molecular flexibility index (Phi) is 11.8. The molecule has 76 heavy (non-hydrogen) atoms. The van der Waals surface area contributed by atoms with E-state index in [-0.39, 0.29) is 0 Å². The first-order chi connectivity index (χ1) is 37.3. The van der Waals surface area contributed by atoms with E-state index in [2.05, 4.69) is 304 Å². The molecule has 0 saturated heterocycles. The molecule has 2 heteroatoms. The molecule has 0 atom stereocenters. The Morgan fingerprint density at radius 3 is 0.632 bits per heavy atom. The van der Waals surface area contributed by atoms with E-state index in [0.717, 1.165) is 34.1 Å². The van der Waals surface area contributed by atoms with Crippen LogP contribution in [0.5, 0.6) is 0 Å². The van der Waals surface area contributed by atoms with E-state index in [1.54, 1.807) is 0 Å². The van der Waals surface area contributed by atoms with Crippen LogP contribution in [0.25, 0.3) is 87.6 Å².